The van der Waals surface area contributed by atoms with Gasteiger partial charge in [-0.2, -0.15) is 0 Å². The number of hydrogen-bond donors (Lipinski definition) is 0. The molecule has 0 aliphatic heterocycles. The van der Waals surface area contributed by atoms with E-state index in [1.807, 2.05) is 6.07 Å². The van der Waals surface area contributed by atoms with E-state index < -0.39 is 0 Å². The molecule has 2 aromatic heterocycles. The molecule has 0 amide bonds. The van der Waals surface area contributed by atoms with Gasteiger partial charge in [0, 0.05) is 12.6 Å². The Kier molecular flexibility index (Phi) is 3.84. The molecule has 0 atom stereocenters. The SMILES string of the molecule is Cc1ccccc1-c1ncnc2c1c(I)c(-c1ccccc1)n2C. The summed E-state index contributed by atoms with van der Waals surface area (Å²) in [7, 11) is 2.07. The van der Waals surface area contributed by atoms with Crippen molar-refractivity contribution in [1.29, 1.82) is 0 Å². The Morgan fingerprint density at radius 3 is 2.38 bits per heavy atom. The number of aromatic nitrogens is 3. The van der Waals surface area contributed by atoms with E-state index in [0.717, 1.165) is 22.3 Å². The van der Waals surface area contributed by atoms with E-state index in [1.165, 1.54) is 20.4 Å². The van der Waals surface area contributed by atoms with Crippen LogP contribution in [-0.4, -0.2) is 14.5 Å². The van der Waals surface area contributed by atoms with Crippen LogP contribution in [0.5, 0.6) is 0 Å². The van der Waals surface area contributed by atoms with Crippen molar-refractivity contribution in [2.24, 2.45) is 7.05 Å². The molecule has 3 nitrogen and oxygen atoms in total. The average molecular weight is 425 g/mol. The molecule has 0 fully saturated rings. The van der Waals surface area contributed by atoms with E-state index in [2.05, 4.69) is 99.6 Å². The van der Waals surface area contributed by atoms with E-state index in [0.29, 0.717) is 0 Å². The Labute approximate surface area is 154 Å². The van der Waals surface area contributed by atoms with Crippen molar-refractivity contribution in [3.8, 4) is 22.5 Å². The van der Waals surface area contributed by atoms with Gasteiger partial charge in [0.05, 0.1) is 20.3 Å². The van der Waals surface area contributed by atoms with Crippen LogP contribution in [0.1, 0.15) is 5.56 Å². The summed E-state index contributed by atoms with van der Waals surface area (Å²) < 4.78 is 3.35. The maximum absolute atomic E-state index is 4.62. The van der Waals surface area contributed by atoms with E-state index in [-0.39, 0.29) is 0 Å². The van der Waals surface area contributed by atoms with Crippen LogP contribution in [0.25, 0.3) is 33.5 Å². The molecule has 0 radical (unpaired) electrons. The third-order valence-corrected chi connectivity index (χ3v) is 5.41. The largest absolute Gasteiger partial charge is 0.327 e. The van der Waals surface area contributed by atoms with Crippen LogP contribution in [0.3, 0.4) is 0 Å². The minimum absolute atomic E-state index is 0.964. The number of nitrogens with zero attached hydrogens (tertiary/aromatic N) is 3. The third kappa shape index (κ3) is 2.33. The van der Waals surface area contributed by atoms with Gasteiger partial charge >= 0.3 is 0 Å². The van der Waals surface area contributed by atoms with Crippen LogP contribution in [0.15, 0.2) is 60.9 Å². The standard InChI is InChI=1S/C20H16IN3/c1-13-8-6-7-11-15(13)18-16-17(21)19(14-9-4-3-5-10-14)24(2)20(16)23-12-22-18/h3-12H,1-2H3. The third-order valence-electron chi connectivity index (χ3n) is 4.36. The number of benzene rings is 2. The molecule has 4 heteroatoms. The van der Waals surface area contributed by atoms with Gasteiger partial charge in [-0.3, -0.25) is 0 Å². The molecule has 24 heavy (non-hydrogen) atoms. The highest BCUT2D eigenvalue weighted by Gasteiger charge is 2.20. The van der Waals surface area contributed by atoms with Crippen molar-refractivity contribution >= 4 is 33.6 Å². The Hall–Kier alpha value is -2.21. The molecular weight excluding hydrogens is 409 g/mol. The lowest BCUT2D eigenvalue weighted by Crippen LogP contribution is -1.94. The van der Waals surface area contributed by atoms with Gasteiger partial charge < -0.3 is 4.57 Å². The van der Waals surface area contributed by atoms with Crippen LogP contribution in [-0.2, 0) is 7.05 Å². The minimum Gasteiger partial charge on any atom is -0.327 e. The maximum atomic E-state index is 4.62. The Bertz CT molecular complexity index is 1040. The summed E-state index contributed by atoms with van der Waals surface area (Å²) in [6, 6.07) is 18.8. The summed E-state index contributed by atoms with van der Waals surface area (Å²) in [5.74, 6) is 0. The molecule has 4 aromatic rings. The highest BCUT2D eigenvalue weighted by molar-refractivity contribution is 14.1. The molecule has 0 unspecified atom stereocenters. The van der Waals surface area contributed by atoms with Crippen LogP contribution in [0, 0.1) is 10.5 Å². The van der Waals surface area contributed by atoms with Crippen molar-refractivity contribution in [1.82, 2.24) is 14.5 Å². The van der Waals surface area contributed by atoms with Gasteiger partial charge in [-0.1, -0.05) is 54.6 Å². The number of halogens is 1. The summed E-state index contributed by atoms with van der Waals surface area (Å²) in [6.45, 7) is 2.12. The summed E-state index contributed by atoms with van der Waals surface area (Å²) in [5.41, 5.74) is 6.72. The number of hydrogen-bond acceptors (Lipinski definition) is 2. The second-order valence-corrected chi connectivity index (χ2v) is 6.90. The first kappa shape index (κ1) is 15.3. The summed E-state index contributed by atoms with van der Waals surface area (Å²) in [5, 5.41) is 1.12. The first-order valence-electron chi connectivity index (χ1n) is 7.79. The van der Waals surface area contributed by atoms with Crippen LogP contribution in [0.2, 0.25) is 0 Å². The molecule has 0 N–H and O–H groups in total. The maximum Gasteiger partial charge on any atom is 0.145 e. The molecule has 0 aliphatic carbocycles. The van der Waals surface area contributed by atoms with Gasteiger partial charge in [0.25, 0.3) is 0 Å². The molecule has 2 aromatic carbocycles. The molecule has 0 saturated heterocycles. The van der Waals surface area contributed by atoms with Crippen molar-refractivity contribution in [2.45, 2.75) is 6.92 Å². The summed E-state index contributed by atoms with van der Waals surface area (Å²) in [6.07, 6.45) is 1.66. The first-order valence-corrected chi connectivity index (χ1v) is 8.86. The highest BCUT2D eigenvalue weighted by Crippen LogP contribution is 2.38. The Morgan fingerprint density at radius 2 is 1.62 bits per heavy atom. The minimum atomic E-state index is 0.964. The quantitative estimate of drug-likeness (QED) is 0.413. The average Bonchev–Trinajstić information content (AvgIpc) is 2.87. The van der Waals surface area contributed by atoms with E-state index in [4.69, 9.17) is 0 Å². The molecule has 118 valence electrons. The second-order valence-electron chi connectivity index (χ2n) is 5.82. The van der Waals surface area contributed by atoms with Gasteiger partial charge in [-0.25, -0.2) is 9.97 Å². The Morgan fingerprint density at radius 1 is 0.917 bits per heavy atom. The molecular formula is C20H16IN3. The molecule has 0 saturated carbocycles. The number of aryl methyl sites for hydroxylation is 2. The van der Waals surface area contributed by atoms with Crippen LogP contribution < -0.4 is 0 Å². The lowest BCUT2D eigenvalue weighted by Gasteiger charge is -2.06. The van der Waals surface area contributed by atoms with Gasteiger partial charge in [0.1, 0.15) is 12.0 Å². The zero-order valence-corrected chi connectivity index (χ0v) is 15.7. The lowest BCUT2D eigenvalue weighted by molar-refractivity contribution is 0.950. The van der Waals surface area contributed by atoms with Gasteiger partial charge in [0.15, 0.2) is 0 Å². The predicted molar refractivity (Wildman–Crippen MR) is 107 cm³/mol. The fourth-order valence-corrected chi connectivity index (χ4v) is 4.33. The van der Waals surface area contributed by atoms with Crippen molar-refractivity contribution in [3.05, 3.63) is 70.1 Å². The van der Waals surface area contributed by atoms with Crippen molar-refractivity contribution < 1.29 is 0 Å². The van der Waals surface area contributed by atoms with E-state index in [9.17, 15) is 0 Å². The smallest absolute Gasteiger partial charge is 0.145 e. The second kappa shape index (κ2) is 6.02. The van der Waals surface area contributed by atoms with Gasteiger partial charge in [0.2, 0.25) is 0 Å². The van der Waals surface area contributed by atoms with Crippen LogP contribution >= 0.6 is 22.6 Å². The highest BCUT2D eigenvalue weighted by atomic mass is 127. The zero-order valence-electron chi connectivity index (χ0n) is 13.5. The van der Waals surface area contributed by atoms with Crippen molar-refractivity contribution in [3.63, 3.8) is 0 Å². The van der Waals surface area contributed by atoms with Gasteiger partial charge in [-0.05, 0) is 40.6 Å². The monoisotopic (exact) mass is 425 g/mol. The normalized spacial score (nSPS) is 11.1. The van der Waals surface area contributed by atoms with Crippen LogP contribution in [0.4, 0.5) is 0 Å². The van der Waals surface area contributed by atoms with E-state index in [1.54, 1.807) is 6.33 Å². The fourth-order valence-electron chi connectivity index (χ4n) is 3.16. The number of fused-ring (bicyclic) bond motifs is 1. The predicted octanol–water partition coefficient (Wildman–Crippen LogP) is 5.22. The lowest BCUT2D eigenvalue weighted by atomic mass is 10.0. The molecule has 2 heterocycles. The summed E-state index contributed by atoms with van der Waals surface area (Å²) in [4.78, 5) is 9.17. The molecule has 0 aliphatic rings. The fraction of sp³-hybridized carbons (Fsp3) is 0.100. The Balaban J connectivity index is 2.08. The van der Waals surface area contributed by atoms with Crippen molar-refractivity contribution in [2.75, 3.05) is 0 Å². The molecule has 0 bridgehead atoms. The molecule has 4 rings (SSSR count). The van der Waals surface area contributed by atoms with E-state index >= 15 is 0 Å². The topological polar surface area (TPSA) is 30.7 Å². The molecule has 0 spiro atoms. The number of rotatable bonds is 2. The summed E-state index contributed by atoms with van der Waals surface area (Å²) >= 11 is 2.43. The van der Waals surface area contributed by atoms with Gasteiger partial charge in [-0.15, -0.1) is 0 Å². The first-order chi connectivity index (χ1) is 11.7. The zero-order chi connectivity index (χ0) is 16.7.